The van der Waals surface area contributed by atoms with Crippen LogP contribution in [-0.4, -0.2) is 171 Å². The molecule has 2 fully saturated rings. The summed E-state index contributed by atoms with van der Waals surface area (Å²) in [7, 11) is 0. The quantitative estimate of drug-likeness (QED) is 0.0256. The molecule has 0 spiro atoms. The SMILES string of the molecule is CCCCCCCCCCC/C=C/C[C@@H](OC(C)=O)[C@@H](OC(C)=O)[C@H](CO[C@@H]1O[C@H](CO[C@@H]2O[C@H](COC(C)=O)[C@H](OC(C)=O)[C@H](OC(C)=O)[C@H]2OC(C)=O)[C@@H](OC(C)=O)[C@H](OC(C)=O)[C@H]1OC(C)=O)NC(=O)[C@@H](CCCCCCCCCCCCCCCCCCCC)OC(C)=O. The van der Waals surface area contributed by atoms with Crippen molar-refractivity contribution in [3.63, 3.8) is 0 Å². The molecule has 0 bridgehead atoms. The third-order valence-electron chi connectivity index (χ3n) is 16.5. The van der Waals surface area contributed by atoms with Gasteiger partial charge in [0.15, 0.2) is 61.4 Å². The predicted molar refractivity (Wildman–Crippen MR) is 357 cm³/mol. The van der Waals surface area contributed by atoms with Crippen LogP contribution in [0.2, 0.25) is 0 Å². The number of allylic oxidation sites excluding steroid dienone is 1. The van der Waals surface area contributed by atoms with Crippen LogP contribution in [-0.2, 0) is 119 Å². The summed E-state index contributed by atoms with van der Waals surface area (Å²) in [6, 6.07) is -1.54. The van der Waals surface area contributed by atoms with Crippen LogP contribution in [0.5, 0.6) is 0 Å². The summed E-state index contributed by atoms with van der Waals surface area (Å²) < 4.78 is 81.9. The summed E-state index contributed by atoms with van der Waals surface area (Å²) in [4.78, 5) is 143. The maximum absolute atomic E-state index is 14.8. The van der Waals surface area contributed by atoms with Gasteiger partial charge in [-0.05, 0) is 25.7 Å². The fourth-order valence-electron chi connectivity index (χ4n) is 12.0. The van der Waals surface area contributed by atoms with Crippen LogP contribution in [0.15, 0.2) is 12.2 Å². The summed E-state index contributed by atoms with van der Waals surface area (Å²) in [5.41, 5.74) is 0. The third-order valence-corrected chi connectivity index (χ3v) is 16.5. The molecule has 0 saturated carbocycles. The Bertz CT molecular complexity index is 2400. The minimum absolute atomic E-state index is 0.0404. The highest BCUT2D eigenvalue weighted by Gasteiger charge is 2.56. The highest BCUT2D eigenvalue weighted by molar-refractivity contribution is 5.83. The van der Waals surface area contributed by atoms with Crippen LogP contribution in [0.3, 0.4) is 0 Å². The van der Waals surface area contributed by atoms with Gasteiger partial charge in [0, 0.05) is 75.7 Å². The Morgan fingerprint density at radius 2 is 0.724 bits per heavy atom. The number of esters is 10. The summed E-state index contributed by atoms with van der Waals surface area (Å²) in [6.45, 7) is 12.9. The van der Waals surface area contributed by atoms with E-state index in [2.05, 4.69) is 19.2 Å². The van der Waals surface area contributed by atoms with Crippen LogP contribution in [0.1, 0.15) is 276 Å². The van der Waals surface area contributed by atoms with Gasteiger partial charge in [-0.1, -0.05) is 187 Å². The molecule has 2 rings (SSSR count). The van der Waals surface area contributed by atoms with Gasteiger partial charge < -0.3 is 71.6 Å². The first-order valence-corrected chi connectivity index (χ1v) is 36.0. The molecule has 0 aromatic carbocycles. The largest absolute Gasteiger partial charge is 0.463 e. The van der Waals surface area contributed by atoms with Gasteiger partial charge in [0.25, 0.3) is 5.91 Å². The number of carbonyl (C=O) groups is 11. The van der Waals surface area contributed by atoms with Crippen molar-refractivity contribution in [2.75, 3.05) is 19.8 Å². The van der Waals surface area contributed by atoms with E-state index in [1.54, 1.807) is 6.08 Å². The summed E-state index contributed by atoms with van der Waals surface area (Å²) in [5, 5.41) is 2.83. The monoisotopic (exact) mass is 1400 g/mol. The van der Waals surface area contributed by atoms with E-state index < -0.39 is 171 Å². The van der Waals surface area contributed by atoms with Crippen molar-refractivity contribution in [2.45, 2.75) is 361 Å². The van der Waals surface area contributed by atoms with Crippen molar-refractivity contribution in [1.82, 2.24) is 5.32 Å². The first-order chi connectivity index (χ1) is 46.8. The standard InChI is InChI=1S/C72H119NO25/c1-13-15-17-19-21-23-25-27-28-29-30-31-32-34-36-38-40-42-44-60(89-50(5)76)70(84)73-58(63(90-51(6)77)59(88-49(4)75)43-41-39-37-35-33-26-24-22-20-18-16-14-2)45-86-71-68(95-56(11)82)67(94-55(10)81)65(92-53(8)79)62(98-71)47-87-72-69(96-57(12)83)66(93-54(9)80)64(91-52(7)78)61(97-72)46-85-48(3)74/h39,41,58-69,71-72H,13-38,40,42-47H2,1-12H3,(H,73,84)/b41-39+/t58-,59+,60+,61+,62+,63-,64-,65+,66-,67-,68+,69+,71+,72+/m0/s1. The van der Waals surface area contributed by atoms with Gasteiger partial charge >= 0.3 is 59.7 Å². The maximum atomic E-state index is 14.8. The molecule has 0 unspecified atom stereocenters. The average molecular weight is 1400 g/mol. The first kappa shape index (κ1) is 87.8. The summed E-state index contributed by atoms with van der Waals surface area (Å²) in [6.07, 6.45) is 13.7. The van der Waals surface area contributed by atoms with Crippen molar-refractivity contribution in [3.05, 3.63) is 12.2 Å². The second-order valence-corrected chi connectivity index (χ2v) is 25.6. The molecule has 26 heteroatoms. The normalized spacial score (nSPS) is 21.8. The smallest absolute Gasteiger partial charge is 0.303 e. The number of unbranched alkanes of at least 4 members (excludes halogenated alkanes) is 26. The molecule has 14 atom stereocenters. The molecular formula is C72H119NO25. The molecule has 26 nitrogen and oxygen atoms in total. The Hall–Kier alpha value is -6.25. The number of carbonyl (C=O) groups excluding carboxylic acids is 11. The van der Waals surface area contributed by atoms with Crippen molar-refractivity contribution < 1.29 is 119 Å². The van der Waals surface area contributed by atoms with Gasteiger partial charge in [-0.2, -0.15) is 0 Å². The summed E-state index contributed by atoms with van der Waals surface area (Å²) >= 11 is 0. The third kappa shape index (κ3) is 38.9. The minimum atomic E-state index is -1.91. The van der Waals surface area contributed by atoms with E-state index >= 15 is 0 Å². The molecule has 0 aromatic heterocycles. The van der Waals surface area contributed by atoms with Gasteiger partial charge in [-0.3, -0.25) is 52.7 Å². The Kier molecular flexibility index (Phi) is 46.5. The van der Waals surface area contributed by atoms with Crippen LogP contribution >= 0.6 is 0 Å². The van der Waals surface area contributed by atoms with Gasteiger partial charge in [-0.25, -0.2) is 0 Å². The molecule has 1 N–H and O–H groups in total. The van der Waals surface area contributed by atoms with Crippen LogP contribution in [0, 0.1) is 0 Å². The average Bonchev–Trinajstić information content (AvgIpc) is 0.786. The molecule has 0 aromatic rings. The van der Waals surface area contributed by atoms with E-state index in [0.717, 1.165) is 127 Å². The van der Waals surface area contributed by atoms with E-state index in [1.807, 2.05) is 6.08 Å². The molecule has 1 amide bonds. The molecule has 2 saturated heterocycles. The van der Waals surface area contributed by atoms with E-state index in [1.165, 1.54) is 109 Å². The fourth-order valence-corrected chi connectivity index (χ4v) is 12.0. The Labute approximate surface area is 581 Å². The lowest BCUT2D eigenvalue weighted by Gasteiger charge is -2.46. The van der Waals surface area contributed by atoms with Gasteiger partial charge in [0.05, 0.1) is 19.3 Å². The molecule has 562 valence electrons. The molecule has 2 heterocycles. The number of rotatable bonds is 52. The lowest BCUT2D eigenvalue weighted by molar-refractivity contribution is -0.335. The molecule has 2 aliphatic rings. The lowest BCUT2D eigenvalue weighted by Crippen LogP contribution is -2.65. The molecular weight excluding hydrogens is 1280 g/mol. The first-order valence-electron chi connectivity index (χ1n) is 36.0. The van der Waals surface area contributed by atoms with Gasteiger partial charge in [0.2, 0.25) is 0 Å². The lowest BCUT2D eigenvalue weighted by atomic mass is 9.97. The maximum Gasteiger partial charge on any atom is 0.303 e. The number of hydrogen-bond acceptors (Lipinski definition) is 25. The Morgan fingerprint density at radius 1 is 0.367 bits per heavy atom. The van der Waals surface area contributed by atoms with Crippen LogP contribution in [0.25, 0.3) is 0 Å². The highest BCUT2D eigenvalue weighted by atomic mass is 16.8. The number of hydrogen-bond donors (Lipinski definition) is 1. The van der Waals surface area contributed by atoms with Gasteiger partial charge in [0.1, 0.15) is 24.9 Å². The number of nitrogens with one attached hydrogen (secondary N) is 1. The van der Waals surface area contributed by atoms with Crippen molar-refractivity contribution >= 4 is 65.6 Å². The Balaban J connectivity index is 2.67. The van der Waals surface area contributed by atoms with Crippen molar-refractivity contribution in [2.24, 2.45) is 0 Å². The second-order valence-electron chi connectivity index (χ2n) is 25.6. The van der Waals surface area contributed by atoms with E-state index in [-0.39, 0.29) is 12.8 Å². The number of ether oxygens (including phenoxy) is 14. The molecule has 0 radical (unpaired) electrons. The van der Waals surface area contributed by atoms with E-state index in [9.17, 15) is 52.7 Å². The zero-order chi connectivity index (χ0) is 72.8. The highest BCUT2D eigenvalue weighted by Crippen LogP contribution is 2.34. The zero-order valence-corrected chi connectivity index (χ0v) is 60.8. The van der Waals surface area contributed by atoms with E-state index in [4.69, 9.17) is 66.3 Å². The number of amides is 1. The zero-order valence-electron chi connectivity index (χ0n) is 60.8. The van der Waals surface area contributed by atoms with Crippen molar-refractivity contribution in [3.8, 4) is 0 Å². The van der Waals surface area contributed by atoms with E-state index in [0.29, 0.717) is 12.8 Å². The van der Waals surface area contributed by atoms with Gasteiger partial charge in [-0.15, -0.1) is 0 Å². The van der Waals surface area contributed by atoms with Crippen LogP contribution in [0.4, 0.5) is 0 Å². The topological polar surface area (TPSA) is 329 Å². The molecule has 2 aliphatic heterocycles. The van der Waals surface area contributed by atoms with Crippen LogP contribution < -0.4 is 5.32 Å². The van der Waals surface area contributed by atoms with Crippen molar-refractivity contribution in [1.29, 1.82) is 0 Å². The fraction of sp³-hybridized carbons (Fsp3) is 0.819. The molecule has 98 heavy (non-hydrogen) atoms. The molecule has 0 aliphatic carbocycles. The minimum Gasteiger partial charge on any atom is -0.463 e. The summed E-state index contributed by atoms with van der Waals surface area (Å²) in [5.74, 6) is -9.75. The Morgan fingerprint density at radius 3 is 1.11 bits per heavy atom. The predicted octanol–water partition coefficient (Wildman–Crippen LogP) is 11.2. The second kappa shape index (κ2) is 51.8.